The van der Waals surface area contributed by atoms with Gasteiger partial charge in [-0.15, -0.1) is 0 Å². The van der Waals surface area contributed by atoms with Gasteiger partial charge in [0, 0.05) is 23.7 Å². The quantitative estimate of drug-likeness (QED) is 0.646. The number of ether oxygens (including phenoxy) is 1. The molecule has 0 aromatic carbocycles. The summed E-state index contributed by atoms with van der Waals surface area (Å²) in [6, 6.07) is 0. The van der Waals surface area contributed by atoms with Gasteiger partial charge in [0.05, 0.1) is 6.10 Å². The van der Waals surface area contributed by atoms with Crippen LogP contribution in [0.5, 0.6) is 0 Å². The average molecular weight is 302 g/mol. The molecule has 0 unspecified atom stereocenters. The number of carbonyl (C=O) groups excluding carboxylic acids is 2. The number of hydrogen-bond donors (Lipinski definition) is 0. The molecule has 5 rings (SSSR count). The second-order valence-corrected chi connectivity index (χ2v) is 9.08. The summed E-state index contributed by atoms with van der Waals surface area (Å²) in [5.74, 6) is 3.32. The van der Waals surface area contributed by atoms with E-state index in [2.05, 4.69) is 13.8 Å². The third-order valence-corrected chi connectivity index (χ3v) is 8.54. The van der Waals surface area contributed by atoms with E-state index in [1.165, 1.54) is 6.42 Å². The summed E-state index contributed by atoms with van der Waals surface area (Å²) in [4.78, 5) is 24.5. The molecule has 0 bridgehead atoms. The highest BCUT2D eigenvalue weighted by atomic mass is 16.6. The molecule has 0 amide bonds. The summed E-state index contributed by atoms with van der Waals surface area (Å²) in [5.41, 5.74) is 0.146. The monoisotopic (exact) mass is 302 g/mol. The molecule has 3 nitrogen and oxygen atoms in total. The fourth-order valence-electron chi connectivity index (χ4n) is 7.20. The number of Topliss-reactive ketones (excluding diaryl/α,β-unsaturated/α-hetero) is 2. The Morgan fingerprint density at radius 2 is 1.86 bits per heavy atom. The van der Waals surface area contributed by atoms with Gasteiger partial charge in [0.25, 0.3) is 0 Å². The van der Waals surface area contributed by atoms with E-state index in [0.717, 1.165) is 38.5 Å². The maximum absolute atomic E-state index is 12.4. The molecule has 3 heteroatoms. The van der Waals surface area contributed by atoms with Gasteiger partial charge in [0.2, 0.25) is 0 Å². The number of epoxide rings is 1. The Balaban J connectivity index is 1.51. The molecule has 22 heavy (non-hydrogen) atoms. The molecule has 1 saturated heterocycles. The zero-order valence-electron chi connectivity index (χ0n) is 13.6. The van der Waals surface area contributed by atoms with Gasteiger partial charge >= 0.3 is 0 Å². The van der Waals surface area contributed by atoms with Crippen molar-refractivity contribution < 1.29 is 14.3 Å². The largest absolute Gasteiger partial charge is 0.361 e. The first kappa shape index (κ1) is 13.7. The predicted octanol–water partition coefficient (Wildman–Crippen LogP) is 3.15. The van der Waals surface area contributed by atoms with E-state index in [-0.39, 0.29) is 23.0 Å². The second-order valence-electron chi connectivity index (χ2n) is 9.08. The lowest BCUT2D eigenvalue weighted by Gasteiger charge is -2.58. The van der Waals surface area contributed by atoms with Crippen molar-refractivity contribution in [2.75, 3.05) is 0 Å². The van der Waals surface area contributed by atoms with Gasteiger partial charge < -0.3 is 4.74 Å². The van der Waals surface area contributed by atoms with Gasteiger partial charge in [0.1, 0.15) is 11.9 Å². The summed E-state index contributed by atoms with van der Waals surface area (Å²) in [6.07, 6.45) is 7.35. The zero-order chi connectivity index (χ0) is 15.3. The summed E-state index contributed by atoms with van der Waals surface area (Å²) in [6.45, 7) is 4.64. The molecule has 1 aliphatic heterocycles. The number of carbonyl (C=O) groups is 2. The maximum Gasteiger partial charge on any atom is 0.164 e. The van der Waals surface area contributed by atoms with E-state index in [4.69, 9.17) is 4.74 Å². The number of hydrogen-bond acceptors (Lipinski definition) is 3. The number of fused-ring (bicyclic) bond motifs is 7. The topological polar surface area (TPSA) is 46.7 Å². The molecule has 4 aliphatic carbocycles. The highest BCUT2D eigenvalue weighted by Gasteiger charge is 2.69. The van der Waals surface area contributed by atoms with Crippen molar-refractivity contribution in [3.8, 4) is 0 Å². The van der Waals surface area contributed by atoms with E-state index >= 15 is 0 Å². The minimum Gasteiger partial charge on any atom is -0.361 e. The van der Waals surface area contributed by atoms with Gasteiger partial charge in [-0.3, -0.25) is 9.59 Å². The summed E-state index contributed by atoms with van der Waals surface area (Å²) in [5, 5.41) is 0. The van der Waals surface area contributed by atoms with E-state index in [9.17, 15) is 9.59 Å². The molecule has 0 aromatic heterocycles. The Kier molecular flexibility index (Phi) is 2.51. The molecular weight excluding hydrogens is 276 g/mol. The van der Waals surface area contributed by atoms with Crippen molar-refractivity contribution >= 4 is 11.6 Å². The molecule has 0 aromatic rings. The van der Waals surface area contributed by atoms with Gasteiger partial charge in [-0.1, -0.05) is 13.8 Å². The first-order chi connectivity index (χ1) is 10.5. The van der Waals surface area contributed by atoms with Gasteiger partial charge in [0.15, 0.2) is 5.78 Å². The Bertz CT molecular complexity index is 569. The molecule has 0 spiro atoms. The standard InChI is InChI=1S/C19H26O3/c1-18-8-7-13-11(12(18)5-6-15(18)21)4-3-10-9-14(20)16-17(22-16)19(10,13)2/h10-13,16-17H,3-9H2,1-2H3/t10-,11+,12+,13+,16-,17+,18+,19+/m1/s1. The molecule has 5 aliphatic rings. The van der Waals surface area contributed by atoms with Gasteiger partial charge in [-0.05, 0) is 55.8 Å². The SMILES string of the molecule is C[C@]12[C@H](CC[C@@H]3[C@@H]1CC[C@]1(C)C(=O)CC[C@@H]31)CC(=O)[C@H]1O[C@@H]12. The minimum atomic E-state index is -0.0847. The summed E-state index contributed by atoms with van der Waals surface area (Å²) < 4.78 is 5.85. The summed E-state index contributed by atoms with van der Waals surface area (Å²) in [7, 11) is 0. The van der Waals surface area contributed by atoms with Crippen LogP contribution in [0.2, 0.25) is 0 Å². The van der Waals surface area contributed by atoms with Crippen LogP contribution in [0.1, 0.15) is 58.8 Å². The van der Waals surface area contributed by atoms with Crippen molar-refractivity contribution in [1.29, 1.82) is 0 Å². The van der Waals surface area contributed by atoms with Crippen LogP contribution in [0.25, 0.3) is 0 Å². The van der Waals surface area contributed by atoms with Crippen LogP contribution in [-0.2, 0) is 14.3 Å². The van der Waals surface area contributed by atoms with Crippen molar-refractivity contribution in [1.82, 2.24) is 0 Å². The maximum atomic E-state index is 12.4. The van der Waals surface area contributed by atoms with Gasteiger partial charge in [-0.25, -0.2) is 0 Å². The lowest BCUT2D eigenvalue weighted by atomic mass is 9.45. The van der Waals surface area contributed by atoms with Crippen molar-refractivity contribution in [3.05, 3.63) is 0 Å². The van der Waals surface area contributed by atoms with E-state index in [1.807, 2.05) is 0 Å². The molecular formula is C19H26O3. The van der Waals surface area contributed by atoms with Crippen LogP contribution >= 0.6 is 0 Å². The minimum absolute atomic E-state index is 0.0430. The lowest BCUT2D eigenvalue weighted by Crippen LogP contribution is -2.56. The first-order valence-electron chi connectivity index (χ1n) is 9.17. The Morgan fingerprint density at radius 1 is 1.05 bits per heavy atom. The highest BCUT2D eigenvalue weighted by Crippen LogP contribution is 2.67. The van der Waals surface area contributed by atoms with E-state index in [1.54, 1.807) is 0 Å². The fourth-order valence-corrected chi connectivity index (χ4v) is 7.20. The molecule has 120 valence electrons. The third kappa shape index (κ3) is 1.43. The first-order valence-corrected chi connectivity index (χ1v) is 9.17. The normalized spacial score (nSPS) is 59.4. The van der Waals surface area contributed by atoms with Crippen molar-refractivity contribution in [2.45, 2.75) is 71.0 Å². The molecule has 8 atom stereocenters. The van der Waals surface area contributed by atoms with Crippen LogP contribution in [0.15, 0.2) is 0 Å². The van der Waals surface area contributed by atoms with Crippen LogP contribution < -0.4 is 0 Å². The predicted molar refractivity (Wildman–Crippen MR) is 81.2 cm³/mol. The van der Waals surface area contributed by atoms with Crippen molar-refractivity contribution in [3.63, 3.8) is 0 Å². The Hall–Kier alpha value is -0.700. The number of rotatable bonds is 0. The molecule has 1 heterocycles. The lowest BCUT2D eigenvalue weighted by molar-refractivity contribution is -0.141. The van der Waals surface area contributed by atoms with Crippen LogP contribution in [0, 0.1) is 34.5 Å². The molecule has 5 fully saturated rings. The van der Waals surface area contributed by atoms with Crippen LogP contribution in [0.3, 0.4) is 0 Å². The zero-order valence-corrected chi connectivity index (χ0v) is 13.6. The fraction of sp³-hybridized carbons (Fsp3) is 0.895. The second kappa shape index (κ2) is 4.03. The summed E-state index contributed by atoms with van der Waals surface area (Å²) >= 11 is 0. The smallest absolute Gasteiger partial charge is 0.164 e. The Morgan fingerprint density at radius 3 is 2.68 bits per heavy atom. The molecule has 0 radical (unpaired) electrons. The van der Waals surface area contributed by atoms with E-state index in [0.29, 0.717) is 35.2 Å². The van der Waals surface area contributed by atoms with Crippen LogP contribution in [-0.4, -0.2) is 23.8 Å². The molecule has 0 N–H and O–H groups in total. The van der Waals surface area contributed by atoms with Crippen molar-refractivity contribution in [2.24, 2.45) is 34.5 Å². The number of ketones is 2. The van der Waals surface area contributed by atoms with Crippen LogP contribution in [0.4, 0.5) is 0 Å². The highest BCUT2D eigenvalue weighted by molar-refractivity contribution is 5.88. The van der Waals surface area contributed by atoms with E-state index < -0.39 is 0 Å². The molecule has 4 saturated carbocycles. The third-order valence-electron chi connectivity index (χ3n) is 8.54. The Labute approximate surface area is 132 Å². The average Bonchev–Trinajstić information content (AvgIpc) is 3.24. The van der Waals surface area contributed by atoms with Gasteiger partial charge in [-0.2, -0.15) is 0 Å².